The molecule has 2 aromatic carbocycles. The minimum Gasteiger partial charge on any atom is -0.376 e. The molecule has 1 aliphatic heterocycles. The number of carbonyl (C=O) groups is 3. The topological polar surface area (TPSA) is 90.5 Å². The Labute approximate surface area is 170 Å². The summed E-state index contributed by atoms with van der Waals surface area (Å²) in [7, 11) is 0. The number of anilines is 2. The van der Waals surface area contributed by atoms with E-state index in [1.54, 1.807) is 48.5 Å². The van der Waals surface area contributed by atoms with E-state index in [1.165, 1.54) is 0 Å². The Kier molecular flexibility index (Phi) is 6.84. The van der Waals surface area contributed by atoms with Gasteiger partial charge in [-0.3, -0.25) is 14.4 Å². The van der Waals surface area contributed by atoms with E-state index in [9.17, 15) is 14.4 Å². The van der Waals surface area contributed by atoms with Gasteiger partial charge in [-0.25, -0.2) is 0 Å². The number of carbonyl (C=O) groups excluding carboxylic acids is 3. The molecule has 7 nitrogen and oxygen atoms in total. The third kappa shape index (κ3) is 5.57. The lowest BCUT2D eigenvalue weighted by Crippen LogP contribution is -2.27. The van der Waals surface area contributed by atoms with Crippen LogP contribution in [0.5, 0.6) is 0 Å². The van der Waals surface area contributed by atoms with Crippen LogP contribution >= 0.6 is 0 Å². The highest BCUT2D eigenvalue weighted by molar-refractivity contribution is 5.98. The van der Waals surface area contributed by atoms with Crippen molar-refractivity contribution >= 4 is 29.1 Å². The van der Waals surface area contributed by atoms with Crippen molar-refractivity contribution in [2.24, 2.45) is 0 Å². The van der Waals surface area contributed by atoms with Crippen LogP contribution in [0.3, 0.4) is 0 Å². The van der Waals surface area contributed by atoms with Gasteiger partial charge in [-0.1, -0.05) is 6.07 Å². The van der Waals surface area contributed by atoms with E-state index in [0.29, 0.717) is 23.4 Å². The van der Waals surface area contributed by atoms with E-state index in [0.717, 1.165) is 31.6 Å². The van der Waals surface area contributed by atoms with Crippen LogP contribution in [0.25, 0.3) is 0 Å². The average molecular weight is 394 g/mol. The second-order valence-corrected chi connectivity index (χ2v) is 6.92. The minimum absolute atomic E-state index is 0.0544. The summed E-state index contributed by atoms with van der Waals surface area (Å²) in [6, 6.07) is 13.9. The summed E-state index contributed by atoms with van der Waals surface area (Å²) >= 11 is 0. The molecule has 0 aliphatic carbocycles. The van der Waals surface area contributed by atoms with Crippen LogP contribution in [-0.2, 0) is 4.79 Å². The zero-order chi connectivity index (χ0) is 20.6. The molecule has 3 N–H and O–H groups in total. The molecule has 7 heteroatoms. The summed E-state index contributed by atoms with van der Waals surface area (Å²) in [5.74, 6) is -0.348. The Balaban J connectivity index is 1.51. The van der Waals surface area contributed by atoms with E-state index in [-0.39, 0.29) is 24.3 Å². The van der Waals surface area contributed by atoms with E-state index >= 15 is 0 Å². The highest BCUT2D eigenvalue weighted by Gasteiger charge is 2.19. The smallest absolute Gasteiger partial charge is 0.253 e. The summed E-state index contributed by atoms with van der Waals surface area (Å²) < 4.78 is 0. The first-order valence-corrected chi connectivity index (χ1v) is 9.88. The Bertz CT molecular complexity index is 874. The monoisotopic (exact) mass is 394 g/mol. The molecule has 0 atom stereocenters. The fraction of sp³-hybridized carbons (Fsp3) is 0.318. The number of nitrogens with one attached hydrogen (secondary N) is 3. The third-order valence-electron chi connectivity index (χ3n) is 4.72. The van der Waals surface area contributed by atoms with Gasteiger partial charge < -0.3 is 20.9 Å². The van der Waals surface area contributed by atoms with Crippen molar-refractivity contribution in [2.45, 2.75) is 19.8 Å². The Morgan fingerprint density at radius 3 is 2.34 bits per heavy atom. The number of rotatable bonds is 7. The maximum absolute atomic E-state index is 12.4. The largest absolute Gasteiger partial charge is 0.376 e. The predicted octanol–water partition coefficient (Wildman–Crippen LogP) is 2.72. The maximum atomic E-state index is 12.4. The SMILES string of the molecule is CCNC(=O)c1cccc(NC(=O)CNc2ccc(C(=O)N3CCCC3)cc2)c1. The highest BCUT2D eigenvalue weighted by Crippen LogP contribution is 2.15. The van der Waals surface area contributed by atoms with Gasteiger partial charge in [0.2, 0.25) is 5.91 Å². The van der Waals surface area contributed by atoms with E-state index in [2.05, 4.69) is 16.0 Å². The Morgan fingerprint density at radius 1 is 0.931 bits per heavy atom. The van der Waals surface area contributed by atoms with Gasteiger partial charge in [-0.05, 0) is 62.2 Å². The van der Waals surface area contributed by atoms with Gasteiger partial charge in [0.1, 0.15) is 0 Å². The normalized spacial score (nSPS) is 13.1. The molecule has 2 aromatic rings. The summed E-state index contributed by atoms with van der Waals surface area (Å²) in [5.41, 5.74) is 2.47. The molecule has 0 saturated carbocycles. The van der Waals surface area contributed by atoms with Gasteiger partial charge in [0.25, 0.3) is 11.8 Å². The molecule has 3 amide bonds. The number of hydrogen-bond acceptors (Lipinski definition) is 4. The highest BCUT2D eigenvalue weighted by atomic mass is 16.2. The lowest BCUT2D eigenvalue weighted by atomic mass is 10.2. The van der Waals surface area contributed by atoms with Crippen molar-refractivity contribution in [1.82, 2.24) is 10.2 Å². The first kappa shape index (κ1) is 20.4. The Morgan fingerprint density at radius 2 is 1.66 bits per heavy atom. The fourth-order valence-electron chi connectivity index (χ4n) is 3.22. The maximum Gasteiger partial charge on any atom is 0.253 e. The summed E-state index contributed by atoms with van der Waals surface area (Å²) in [5, 5.41) is 8.54. The zero-order valence-corrected chi connectivity index (χ0v) is 16.5. The van der Waals surface area contributed by atoms with E-state index in [1.807, 2.05) is 11.8 Å². The molecule has 0 unspecified atom stereocenters. The van der Waals surface area contributed by atoms with Crippen molar-refractivity contribution in [1.29, 1.82) is 0 Å². The van der Waals surface area contributed by atoms with Gasteiger partial charge in [-0.15, -0.1) is 0 Å². The second-order valence-electron chi connectivity index (χ2n) is 6.92. The van der Waals surface area contributed by atoms with Crippen LogP contribution in [0.2, 0.25) is 0 Å². The molecular weight excluding hydrogens is 368 g/mol. The van der Waals surface area contributed by atoms with Gasteiger partial charge in [0.05, 0.1) is 6.54 Å². The van der Waals surface area contributed by atoms with Gasteiger partial charge >= 0.3 is 0 Å². The molecule has 0 bridgehead atoms. The second kappa shape index (κ2) is 9.73. The molecule has 0 aromatic heterocycles. The van der Waals surface area contributed by atoms with Crippen LogP contribution in [0.4, 0.5) is 11.4 Å². The summed E-state index contributed by atoms with van der Waals surface area (Å²) in [6.45, 7) is 4.11. The van der Waals surface area contributed by atoms with Crippen molar-refractivity contribution in [2.75, 3.05) is 36.8 Å². The Hall–Kier alpha value is -3.35. The van der Waals surface area contributed by atoms with E-state index < -0.39 is 0 Å². The van der Waals surface area contributed by atoms with Crippen LogP contribution in [-0.4, -0.2) is 48.8 Å². The zero-order valence-electron chi connectivity index (χ0n) is 16.5. The molecule has 1 fully saturated rings. The summed E-state index contributed by atoms with van der Waals surface area (Å²) in [4.78, 5) is 38.3. The average Bonchev–Trinajstić information content (AvgIpc) is 3.27. The van der Waals surface area contributed by atoms with Crippen molar-refractivity contribution < 1.29 is 14.4 Å². The van der Waals surface area contributed by atoms with Crippen molar-refractivity contribution in [3.05, 3.63) is 59.7 Å². The minimum atomic E-state index is -0.227. The number of likely N-dealkylation sites (tertiary alicyclic amines) is 1. The number of hydrogen-bond donors (Lipinski definition) is 3. The van der Waals surface area contributed by atoms with Crippen molar-refractivity contribution in [3.8, 4) is 0 Å². The van der Waals surface area contributed by atoms with E-state index in [4.69, 9.17) is 0 Å². The number of amides is 3. The molecule has 1 heterocycles. The fourth-order valence-corrected chi connectivity index (χ4v) is 3.22. The first-order valence-electron chi connectivity index (χ1n) is 9.88. The molecule has 29 heavy (non-hydrogen) atoms. The molecule has 1 saturated heterocycles. The van der Waals surface area contributed by atoms with Crippen LogP contribution < -0.4 is 16.0 Å². The lowest BCUT2D eigenvalue weighted by molar-refractivity contribution is -0.114. The molecule has 0 radical (unpaired) electrons. The molecular formula is C22H26N4O3. The third-order valence-corrected chi connectivity index (χ3v) is 4.72. The van der Waals surface area contributed by atoms with Gasteiger partial charge in [0, 0.05) is 42.1 Å². The number of nitrogens with zero attached hydrogens (tertiary/aromatic N) is 1. The molecule has 152 valence electrons. The van der Waals surface area contributed by atoms with Gasteiger partial charge in [-0.2, -0.15) is 0 Å². The number of benzene rings is 2. The first-order chi connectivity index (χ1) is 14.1. The van der Waals surface area contributed by atoms with Crippen LogP contribution in [0, 0.1) is 0 Å². The van der Waals surface area contributed by atoms with Crippen molar-refractivity contribution in [3.63, 3.8) is 0 Å². The summed E-state index contributed by atoms with van der Waals surface area (Å²) in [6.07, 6.45) is 2.12. The predicted molar refractivity (Wildman–Crippen MR) is 113 cm³/mol. The molecule has 3 rings (SSSR count). The van der Waals surface area contributed by atoms with Crippen LogP contribution in [0.15, 0.2) is 48.5 Å². The molecule has 1 aliphatic rings. The molecule has 0 spiro atoms. The lowest BCUT2D eigenvalue weighted by Gasteiger charge is -2.15. The van der Waals surface area contributed by atoms with Crippen LogP contribution in [0.1, 0.15) is 40.5 Å². The standard InChI is InChI=1S/C22H26N4O3/c1-2-23-21(28)17-6-5-7-19(14-17)25-20(27)15-24-18-10-8-16(9-11-18)22(29)26-12-3-4-13-26/h5-11,14,24H,2-4,12-13,15H2,1H3,(H,23,28)(H,25,27). The van der Waals surface area contributed by atoms with Gasteiger partial charge in [0.15, 0.2) is 0 Å². The quantitative estimate of drug-likeness (QED) is 0.674.